The predicted molar refractivity (Wildman–Crippen MR) is 43.4 cm³/mol. The first-order valence-corrected chi connectivity index (χ1v) is 3.72. The van der Waals surface area contributed by atoms with Gasteiger partial charge in [0.1, 0.15) is 0 Å². The maximum absolute atomic E-state index is 7.07. The van der Waals surface area contributed by atoms with Gasteiger partial charge in [0, 0.05) is 14.1 Å². The molecule has 0 aromatic heterocycles. The van der Waals surface area contributed by atoms with Crippen LogP contribution in [0.15, 0.2) is 4.99 Å². The molecular formula is C5H11N3S. The number of amidine groups is 1. The molecule has 0 rings (SSSR count). The molecule has 0 aromatic carbocycles. The highest BCUT2D eigenvalue weighted by molar-refractivity contribution is 8.13. The Morgan fingerprint density at radius 3 is 2.56 bits per heavy atom. The molecule has 4 heteroatoms. The van der Waals surface area contributed by atoms with Gasteiger partial charge < -0.3 is 4.90 Å². The lowest BCUT2D eigenvalue weighted by atomic mass is 10.9. The quantitative estimate of drug-likeness (QED) is 0.439. The Morgan fingerprint density at radius 1 is 1.67 bits per heavy atom. The van der Waals surface area contributed by atoms with E-state index < -0.39 is 0 Å². The highest BCUT2D eigenvalue weighted by Crippen LogP contribution is 1.94. The van der Waals surface area contributed by atoms with Crippen molar-refractivity contribution >= 4 is 23.3 Å². The Morgan fingerprint density at radius 2 is 2.22 bits per heavy atom. The fraction of sp³-hybridized carbons (Fsp3) is 0.600. The zero-order valence-electron chi connectivity index (χ0n) is 5.88. The first kappa shape index (κ1) is 8.49. The molecule has 0 unspecified atom stereocenters. The summed E-state index contributed by atoms with van der Waals surface area (Å²) in [4.78, 5) is 5.59. The molecule has 0 radical (unpaired) electrons. The minimum atomic E-state index is 0.337. The minimum Gasteiger partial charge on any atom is -0.369 e. The first-order valence-electron chi connectivity index (χ1n) is 2.50. The largest absolute Gasteiger partial charge is 0.369 e. The summed E-state index contributed by atoms with van der Waals surface area (Å²) in [6, 6.07) is 0. The maximum Gasteiger partial charge on any atom is 0.181 e. The van der Waals surface area contributed by atoms with Gasteiger partial charge >= 0.3 is 0 Å². The number of rotatable bonds is 1. The van der Waals surface area contributed by atoms with Gasteiger partial charge in [-0.2, -0.15) is 0 Å². The lowest BCUT2D eigenvalue weighted by molar-refractivity contribution is 0.644. The lowest BCUT2D eigenvalue weighted by Gasteiger charge is -2.00. The second kappa shape index (κ2) is 4.38. The summed E-state index contributed by atoms with van der Waals surface area (Å²) in [5, 5.41) is 7.41. The second-order valence-corrected chi connectivity index (χ2v) is 2.51. The number of hydrogen-bond donors (Lipinski definition) is 1. The Kier molecular flexibility index (Phi) is 4.13. The van der Waals surface area contributed by atoms with Gasteiger partial charge in [0.15, 0.2) is 5.17 Å². The standard InChI is InChI=1S/C5H11N3S/c1-8(2)4-7-5(6)9-3/h4,6H,1-3H3/b6-5?,7-4+. The van der Waals surface area contributed by atoms with Gasteiger partial charge in [0.25, 0.3) is 0 Å². The third-order valence-electron chi connectivity index (χ3n) is 0.599. The maximum atomic E-state index is 7.07. The fourth-order valence-electron chi connectivity index (χ4n) is 0.221. The van der Waals surface area contributed by atoms with Crippen molar-refractivity contribution in [3.8, 4) is 0 Å². The molecule has 0 aliphatic carbocycles. The van der Waals surface area contributed by atoms with Crippen LogP contribution in [-0.2, 0) is 0 Å². The number of thioether (sulfide) groups is 1. The Hall–Kier alpha value is -0.510. The van der Waals surface area contributed by atoms with Crippen LogP contribution in [0.2, 0.25) is 0 Å². The average molecular weight is 145 g/mol. The van der Waals surface area contributed by atoms with Crippen molar-refractivity contribution < 1.29 is 0 Å². The van der Waals surface area contributed by atoms with Crippen molar-refractivity contribution in [3.05, 3.63) is 0 Å². The third-order valence-corrected chi connectivity index (χ3v) is 1.09. The fourth-order valence-corrected chi connectivity index (χ4v) is 0.373. The molecule has 0 saturated heterocycles. The van der Waals surface area contributed by atoms with E-state index in [0.717, 1.165) is 0 Å². The van der Waals surface area contributed by atoms with Crippen LogP contribution in [0.4, 0.5) is 0 Å². The van der Waals surface area contributed by atoms with Gasteiger partial charge in [-0.15, -0.1) is 0 Å². The molecular weight excluding hydrogens is 134 g/mol. The summed E-state index contributed by atoms with van der Waals surface area (Å²) >= 11 is 1.33. The van der Waals surface area contributed by atoms with Crippen molar-refractivity contribution in [2.24, 2.45) is 4.99 Å². The molecule has 0 aromatic rings. The third kappa shape index (κ3) is 5.36. The number of aliphatic imine (C=N–C) groups is 1. The second-order valence-electron chi connectivity index (χ2n) is 1.72. The molecule has 0 heterocycles. The smallest absolute Gasteiger partial charge is 0.181 e. The van der Waals surface area contributed by atoms with Crippen LogP contribution in [0.25, 0.3) is 0 Å². The zero-order valence-corrected chi connectivity index (χ0v) is 6.70. The highest BCUT2D eigenvalue weighted by atomic mass is 32.2. The van der Waals surface area contributed by atoms with E-state index in [2.05, 4.69) is 4.99 Å². The Bertz CT molecular complexity index is 119. The van der Waals surface area contributed by atoms with E-state index in [1.54, 1.807) is 11.2 Å². The molecule has 0 aliphatic rings. The summed E-state index contributed by atoms with van der Waals surface area (Å²) in [7, 11) is 3.74. The van der Waals surface area contributed by atoms with Crippen molar-refractivity contribution in [3.63, 3.8) is 0 Å². The molecule has 0 fully saturated rings. The Labute approximate surface area is 59.7 Å². The van der Waals surface area contributed by atoms with Gasteiger partial charge in [-0.25, -0.2) is 4.99 Å². The van der Waals surface area contributed by atoms with Crippen LogP contribution < -0.4 is 0 Å². The molecule has 0 spiro atoms. The van der Waals surface area contributed by atoms with Gasteiger partial charge in [-0.3, -0.25) is 5.41 Å². The van der Waals surface area contributed by atoms with Crippen molar-refractivity contribution in [2.45, 2.75) is 0 Å². The molecule has 1 N–H and O–H groups in total. The molecule has 52 valence electrons. The molecule has 0 aliphatic heterocycles. The normalized spacial score (nSPS) is 10.1. The van der Waals surface area contributed by atoms with E-state index in [4.69, 9.17) is 5.41 Å². The van der Waals surface area contributed by atoms with Crippen molar-refractivity contribution in [2.75, 3.05) is 20.4 Å². The first-order chi connectivity index (χ1) is 4.16. The van der Waals surface area contributed by atoms with Crippen LogP contribution in [0.5, 0.6) is 0 Å². The Balaban J connectivity index is 3.57. The van der Waals surface area contributed by atoms with E-state index in [0.29, 0.717) is 5.17 Å². The number of hydrogen-bond acceptors (Lipinski definition) is 2. The van der Waals surface area contributed by atoms with Gasteiger partial charge in [-0.05, 0) is 6.26 Å². The van der Waals surface area contributed by atoms with E-state index in [-0.39, 0.29) is 0 Å². The lowest BCUT2D eigenvalue weighted by Crippen LogP contribution is -2.08. The molecule has 3 nitrogen and oxygen atoms in total. The molecule has 0 saturated carbocycles. The molecule has 0 atom stereocenters. The highest BCUT2D eigenvalue weighted by Gasteiger charge is 1.84. The average Bonchev–Trinajstić information content (AvgIpc) is 1.83. The van der Waals surface area contributed by atoms with Crippen LogP contribution in [-0.4, -0.2) is 36.8 Å². The van der Waals surface area contributed by atoms with Crippen LogP contribution >= 0.6 is 11.8 Å². The van der Waals surface area contributed by atoms with Crippen LogP contribution in [0.1, 0.15) is 0 Å². The minimum absolute atomic E-state index is 0.337. The van der Waals surface area contributed by atoms with Crippen LogP contribution in [0.3, 0.4) is 0 Å². The van der Waals surface area contributed by atoms with Gasteiger partial charge in [-0.1, -0.05) is 11.8 Å². The summed E-state index contributed by atoms with van der Waals surface area (Å²) in [5.41, 5.74) is 0. The zero-order chi connectivity index (χ0) is 7.28. The predicted octanol–water partition coefficient (Wildman–Crippen LogP) is 0.874. The van der Waals surface area contributed by atoms with E-state index in [1.807, 2.05) is 20.4 Å². The SMILES string of the molecule is CSC(=N)/N=C/N(C)C. The summed E-state index contributed by atoms with van der Waals surface area (Å²) in [5.74, 6) is 0. The molecule has 0 amide bonds. The van der Waals surface area contributed by atoms with E-state index in [1.165, 1.54) is 11.8 Å². The number of nitrogens with zero attached hydrogens (tertiary/aromatic N) is 2. The summed E-state index contributed by atoms with van der Waals surface area (Å²) < 4.78 is 0. The topological polar surface area (TPSA) is 39.5 Å². The van der Waals surface area contributed by atoms with Gasteiger partial charge in [0.05, 0.1) is 6.34 Å². The van der Waals surface area contributed by atoms with E-state index in [9.17, 15) is 0 Å². The number of nitrogens with one attached hydrogen (secondary N) is 1. The van der Waals surface area contributed by atoms with E-state index >= 15 is 0 Å². The molecule has 0 bridgehead atoms. The van der Waals surface area contributed by atoms with Crippen molar-refractivity contribution in [1.29, 1.82) is 5.41 Å². The summed E-state index contributed by atoms with van der Waals surface area (Å²) in [6.07, 6.45) is 3.44. The monoisotopic (exact) mass is 145 g/mol. The van der Waals surface area contributed by atoms with Crippen molar-refractivity contribution in [1.82, 2.24) is 4.90 Å². The summed E-state index contributed by atoms with van der Waals surface area (Å²) in [6.45, 7) is 0. The van der Waals surface area contributed by atoms with Crippen LogP contribution in [0, 0.1) is 5.41 Å². The van der Waals surface area contributed by atoms with Gasteiger partial charge in [0.2, 0.25) is 0 Å². The molecule has 9 heavy (non-hydrogen) atoms.